The van der Waals surface area contributed by atoms with Crippen LogP contribution in [0, 0.1) is 6.92 Å². The van der Waals surface area contributed by atoms with Gasteiger partial charge < -0.3 is 5.32 Å². The van der Waals surface area contributed by atoms with Crippen LogP contribution in [0.5, 0.6) is 0 Å². The van der Waals surface area contributed by atoms with E-state index in [9.17, 15) is 4.79 Å². The third kappa shape index (κ3) is 2.59. The summed E-state index contributed by atoms with van der Waals surface area (Å²) < 4.78 is 1.14. The van der Waals surface area contributed by atoms with Gasteiger partial charge in [-0.25, -0.2) is 0 Å². The summed E-state index contributed by atoms with van der Waals surface area (Å²) in [5.74, 6) is 0.189. The van der Waals surface area contributed by atoms with Gasteiger partial charge in [-0.05, 0) is 37.0 Å². The van der Waals surface area contributed by atoms with Crippen LogP contribution in [0.15, 0.2) is 22.7 Å². The molecule has 0 bridgehead atoms. The molecule has 1 atom stereocenters. The lowest BCUT2D eigenvalue weighted by molar-refractivity contribution is -0.119. The lowest BCUT2D eigenvalue weighted by Gasteiger charge is -2.10. The van der Waals surface area contributed by atoms with Gasteiger partial charge in [0.15, 0.2) is 0 Å². The minimum Gasteiger partial charge on any atom is -0.353 e. The average Bonchev–Trinajstić information content (AvgIpc) is 2.58. The highest BCUT2D eigenvalue weighted by molar-refractivity contribution is 9.10. The molecule has 2 rings (SSSR count). The molecule has 0 spiro atoms. The summed E-state index contributed by atoms with van der Waals surface area (Å²) >= 11 is 3.48. The molecule has 80 valence electrons. The van der Waals surface area contributed by atoms with Crippen molar-refractivity contribution in [3.8, 4) is 0 Å². The maximum Gasteiger partial charge on any atom is 0.220 e. The fourth-order valence-corrected chi connectivity index (χ4v) is 2.20. The van der Waals surface area contributed by atoms with Gasteiger partial charge >= 0.3 is 0 Å². The first-order chi connectivity index (χ1) is 7.15. The van der Waals surface area contributed by atoms with Crippen LogP contribution < -0.4 is 5.32 Å². The number of hydrogen-bond acceptors (Lipinski definition) is 1. The van der Waals surface area contributed by atoms with Gasteiger partial charge in [0.1, 0.15) is 0 Å². The van der Waals surface area contributed by atoms with Gasteiger partial charge in [0.2, 0.25) is 5.91 Å². The Balaban J connectivity index is 2.05. The topological polar surface area (TPSA) is 29.1 Å². The number of carbonyl (C=O) groups is 1. The molecule has 15 heavy (non-hydrogen) atoms. The van der Waals surface area contributed by atoms with Gasteiger partial charge in [0.25, 0.3) is 0 Å². The number of hydrogen-bond donors (Lipinski definition) is 1. The highest BCUT2D eigenvalue weighted by Crippen LogP contribution is 2.19. The second-order valence-corrected chi connectivity index (χ2v) is 4.95. The molecule has 1 heterocycles. The van der Waals surface area contributed by atoms with Gasteiger partial charge in [0.05, 0.1) is 0 Å². The fourth-order valence-electron chi connectivity index (χ4n) is 1.95. The van der Waals surface area contributed by atoms with Crippen LogP contribution in [0.1, 0.15) is 24.0 Å². The van der Waals surface area contributed by atoms with E-state index in [0.717, 1.165) is 17.3 Å². The van der Waals surface area contributed by atoms with Crippen molar-refractivity contribution in [1.82, 2.24) is 5.32 Å². The SMILES string of the molecule is Cc1cc(CC2CCC(=O)N2)ccc1Br. The molecule has 1 unspecified atom stereocenters. The molecule has 1 saturated heterocycles. The van der Waals surface area contributed by atoms with Crippen molar-refractivity contribution in [2.45, 2.75) is 32.2 Å². The van der Waals surface area contributed by atoms with Crippen LogP contribution in [-0.2, 0) is 11.2 Å². The van der Waals surface area contributed by atoms with Crippen molar-refractivity contribution in [1.29, 1.82) is 0 Å². The molecular weight excluding hydrogens is 254 g/mol. The Morgan fingerprint density at radius 1 is 1.53 bits per heavy atom. The smallest absolute Gasteiger partial charge is 0.220 e. The Morgan fingerprint density at radius 2 is 2.33 bits per heavy atom. The van der Waals surface area contributed by atoms with Crippen LogP contribution >= 0.6 is 15.9 Å². The molecule has 1 fully saturated rings. The third-order valence-electron chi connectivity index (χ3n) is 2.79. The summed E-state index contributed by atoms with van der Waals surface area (Å²) in [7, 11) is 0. The van der Waals surface area contributed by atoms with Crippen molar-refractivity contribution < 1.29 is 4.79 Å². The van der Waals surface area contributed by atoms with Crippen molar-refractivity contribution in [3.63, 3.8) is 0 Å². The Morgan fingerprint density at radius 3 is 2.93 bits per heavy atom. The highest BCUT2D eigenvalue weighted by Gasteiger charge is 2.20. The van der Waals surface area contributed by atoms with E-state index in [0.29, 0.717) is 12.5 Å². The zero-order valence-corrected chi connectivity index (χ0v) is 10.3. The fraction of sp³-hybridized carbons (Fsp3) is 0.417. The third-order valence-corrected chi connectivity index (χ3v) is 3.68. The molecule has 1 aliphatic rings. The predicted molar refractivity (Wildman–Crippen MR) is 63.7 cm³/mol. The average molecular weight is 268 g/mol. The summed E-state index contributed by atoms with van der Waals surface area (Å²) in [6.45, 7) is 2.08. The van der Waals surface area contributed by atoms with Gasteiger partial charge in [-0.3, -0.25) is 4.79 Å². The molecule has 1 N–H and O–H groups in total. The summed E-state index contributed by atoms with van der Waals surface area (Å²) in [6.07, 6.45) is 2.59. The molecule has 0 aliphatic carbocycles. The van der Waals surface area contributed by atoms with Crippen molar-refractivity contribution in [3.05, 3.63) is 33.8 Å². The van der Waals surface area contributed by atoms with Crippen LogP contribution in [0.3, 0.4) is 0 Å². The van der Waals surface area contributed by atoms with Crippen molar-refractivity contribution >= 4 is 21.8 Å². The first-order valence-electron chi connectivity index (χ1n) is 5.19. The van der Waals surface area contributed by atoms with Gasteiger partial charge in [-0.15, -0.1) is 0 Å². The number of aryl methyl sites for hydroxylation is 1. The minimum atomic E-state index is 0.189. The van der Waals surface area contributed by atoms with E-state index in [2.05, 4.69) is 46.4 Å². The second-order valence-electron chi connectivity index (χ2n) is 4.09. The highest BCUT2D eigenvalue weighted by atomic mass is 79.9. The van der Waals surface area contributed by atoms with Gasteiger partial charge in [-0.1, -0.05) is 28.1 Å². The molecule has 0 radical (unpaired) electrons. The Hall–Kier alpha value is -0.830. The quantitative estimate of drug-likeness (QED) is 0.877. The lowest BCUT2D eigenvalue weighted by Crippen LogP contribution is -2.27. The van der Waals surface area contributed by atoms with Crippen molar-refractivity contribution in [2.75, 3.05) is 0 Å². The van der Waals surface area contributed by atoms with E-state index in [4.69, 9.17) is 0 Å². The summed E-state index contributed by atoms with van der Waals surface area (Å²) in [5, 5.41) is 2.99. The molecule has 1 amide bonds. The van der Waals surface area contributed by atoms with Crippen LogP contribution in [-0.4, -0.2) is 11.9 Å². The number of halogens is 1. The molecule has 1 aromatic rings. The number of amides is 1. The van der Waals surface area contributed by atoms with Crippen LogP contribution in [0.25, 0.3) is 0 Å². The molecule has 3 heteroatoms. The molecule has 0 aromatic heterocycles. The van der Waals surface area contributed by atoms with E-state index in [-0.39, 0.29) is 5.91 Å². The standard InChI is InChI=1S/C12H14BrNO/c1-8-6-9(2-4-11(8)13)7-10-3-5-12(15)14-10/h2,4,6,10H,3,5,7H2,1H3,(H,14,15). The largest absolute Gasteiger partial charge is 0.353 e. The Bertz CT molecular complexity index is 389. The van der Waals surface area contributed by atoms with E-state index >= 15 is 0 Å². The normalized spacial score (nSPS) is 20.4. The Labute approximate surface area is 98.2 Å². The Kier molecular flexibility index (Phi) is 3.10. The van der Waals surface area contributed by atoms with Gasteiger partial charge in [0, 0.05) is 16.9 Å². The van der Waals surface area contributed by atoms with E-state index in [1.807, 2.05) is 0 Å². The maximum atomic E-state index is 11.0. The maximum absolute atomic E-state index is 11.0. The number of nitrogens with one attached hydrogen (secondary N) is 1. The van der Waals surface area contributed by atoms with Gasteiger partial charge in [-0.2, -0.15) is 0 Å². The number of carbonyl (C=O) groups excluding carboxylic acids is 1. The van der Waals surface area contributed by atoms with E-state index in [1.165, 1.54) is 11.1 Å². The number of benzene rings is 1. The second kappa shape index (κ2) is 4.35. The molecular formula is C12H14BrNO. The predicted octanol–water partition coefficient (Wildman–Crippen LogP) is 2.58. The monoisotopic (exact) mass is 267 g/mol. The van der Waals surface area contributed by atoms with Crippen LogP contribution in [0.4, 0.5) is 0 Å². The zero-order chi connectivity index (χ0) is 10.8. The lowest BCUT2D eigenvalue weighted by atomic mass is 10.0. The zero-order valence-electron chi connectivity index (χ0n) is 8.72. The van der Waals surface area contributed by atoms with Crippen LogP contribution in [0.2, 0.25) is 0 Å². The number of rotatable bonds is 2. The summed E-state index contributed by atoms with van der Waals surface area (Å²) in [5.41, 5.74) is 2.54. The summed E-state index contributed by atoms with van der Waals surface area (Å²) in [4.78, 5) is 11.0. The minimum absolute atomic E-state index is 0.189. The van der Waals surface area contributed by atoms with E-state index < -0.39 is 0 Å². The molecule has 1 aromatic carbocycles. The summed E-state index contributed by atoms with van der Waals surface area (Å²) in [6, 6.07) is 6.69. The van der Waals surface area contributed by atoms with E-state index in [1.54, 1.807) is 0 Å². The van der Waals surface area contributed by atoms with Crippen molar-refractivity contribution in [2.24, 2.45) is 0 Å². The molecule has 2 nitrogen and oxygen atoms in total. The first kappa shape index (κ1) is 10.7. The molecule has 0 saturated carbocycles. The molecule has 1 aliphatic heterocycles. The first-order valence-corrected chi connectivity index (χ1v) is 5.99.